The van der Waals surface area contributed by atoms with Crippen LogP contribution in [0.2, 0.25) is 0 Å². The molecule has 166 valence electrons. The molecular weight excluding hydrogens is 440 g/mol. The Balaban J connectivity index is 1.59. The SMILES string of the molecule is N#Cc1c(N)nc2sc(/C([O-])=N/c3c[n+](N4CCCCC4)no3)c(N)c2c1-c1ccccc1. The first kappa shape index (κ1) is 20.7. The summed E-state index contributed by atoms with van der Waals surface area (Å²) in [4.78, 5) is 10.6. The number of aromatic nitrogens is 3. The molecule has 4 heterocycles. The zero-order chi connectivity index (χ0) is 22.9. The van der Waals surface area contributed by atoms with E-state index in [1.807, 2.05) is 35.3 Å². The average molecular weight is 461 g/mol. The van der Waals surface area contributed by atoms with Crippen LogP contribution in [0.1, 0.15) is 29.7 Å². The third-order valence-corrected chi connectivity index (χ3v) is 6.64. The van der Waals surface area contributed by atoms with Gasteiger partial charge >= 0.3 is 5.88 Å². The van der Waals surface area contributed by atoms with Gasteiger partial charge in [0.05, 0.1) is 28.4 Å². The Bertz CT molecular complexity index is 1400. The maximum Gasteiger partial charge on any atom is 0.324 e. The van der Waals surface area contributed by atoms with E-state index in [1.54, 1.807) is 11.0 Å². The van der Waals surface area contributed by atoms with Crippen LogP contribution in [-0.2, 0) is 0 Å². The van der Waals surface area contributed by atoms with Crippen LogP contribution in [0, 0.1) is 11.3 Å². The molecule has 0 amide bonds. The summed E-state index contributed by atoms with van der Waals surface area (Å²) in [5.74, 6) is -0.414. The smallest absolute Gasteiger partial charge is 0.324 e. The van der Waals surface area contributed by atoms with E-state index >= 15 is 0 Å². The Morgan fingerprint density at radius 1 is 1.21 bits per heavy atom. The van der Waals surface area contributed by atoms with Gasteiger partial charge in [-0.1, -0.05) is 30.3 Å². The van der Waals surface area contributed by atoms with Crippen molar-refractivity contribution in [1.29, 1.82) is 5.26 Å². The minimum atomic E-state index is -0.575. The first-order chi connectivity index (χ1) is 16.1. The second-order valence-electron chi connectivity index (χ2n) is 7.64. The van der Waals surface area contributed by atoms with Crippen molar-refractivity contribution in [2.45, 2.75) is 19.3 Å². The van der Waals surface area contributed by atoms with E-state index < -0.39 is 5.90 Å². The fourth-order valence-corrected chi connectivity index (χ4v) is 4.98. The number of thiophene rings is 1. The highest BCUT2D eigenvalue weighted by molar-refractivity contribution is 7.21. The molecule has 0 radical (unpaired) electrons. The summed E-state index contributed by atoms with van der Waals surface area (Å²) in [6.07, 6.45) is 4.92. The second kappa shape index (κ2) is 8.40. The number of nitrogens with zero attached hydrogens (tertiary/aromatic N) is 6. The van der Waals surface area contributed by atoms with E-state index in [4.69, 9.17) is 16.0 Å². The molecule has 1 aromatic carbocycles. The number of hydrogen-bond donors (Lipinski definition) is 2. The first-order valence-electron chi connectivity index (χ1n) is 10.4. The van der Waals surface area contributed by atoms with E-state index in [9.17, 15) is 10.4 Å². The van der Waals surface area contributed by atoms with Crippen molar-refractivity contribution in [1.82, 2.24) is 10.3 Å². The number of nitrogen functional groups attached to an aromatic ring is 2. The van der Waals surface area contributed by atoms with Gasteiger partial charge in [0.15, 0.2) is 0 Å². The molecule has 0 atom stereocenters. The van der Waals surface area contributed by atoms with Crippen molar-refractivity contribution < 1.29 is 14.4 Å². The number of piperidine rings is 1. The third-order valence-electron chi connectivity index (χ3n) is 5.55. The molecule has 1 saturated heterocycles. The van der Waals surface area contributed by atoms with Crippen LogP contribution in [0.4, 0.5) is 17.4 Å². The molecule has 1 aliphatic heterocycles. The number of fused-ring (bicyclic) bond motifs is 1. The molecule has 0 saturated carbocycles. The Labute approximate surface area is 192 Å². The summed E-state index contributed by atoms with van der Waals surface area (Å²) in [6, 6.07) is 11.4. The van der Waals surface area contributed by atoms with Crippen LogP contribution >= 0.6 is 11.3 Å². The topological polar surface area (TPSA) is 157 Å². The lowest BCUT2D eigenvalue weighted by atomic mass is 9.97. The van der Waals surface area contributed by atoms with Gasteiger partial charge in [-0.2, -0.15) is 10.3 Å². The molecule has 0 spiro atoms. The Kier molecular flexibility index (Phi) is 5.27. The molecule has 0 aliphatic carbocycles. The van der Waals surface area contributed by atoms with Crippen LogP contribution in [-0.4, -0.2) is 29.2 Å². The molecule has 11 heteroatoms. The van der Waals surface area contributed by atoms with Gasteiger partial charge in [0, 0.05) is 16.8 Å². The maximum absolute atomic E-state index is 13.0. The molecule has 4 aromatic rings. The summed E-state index contributed by atoms with van der Waals surface area (Å²) in [6.45, 7) is 1.73. The van der Waals surface area contributed by atoms with E-state index in [1.165, 1.54) is 6.42 Å². The number of aliphatic imine (C=N–C) groups is 1. The largest absolute Gasteiger partial charge is 0.857 e. The summed E-state index contributed by atoms with van der Waals surface area (Å²) >= 11 is 1.08. The number of anilines is 2. The predicted octanol–water partition coefficient (Wildman–Crippen LogP) is 1.84. The van der Waals surface area contributed by atoms with Crippen molar-refractivity contribution in [3.63, 3.8) is 0 Å². The van der Waals surface area contributed by atoms with Crippen molar-refractivity contribution in [2.75, 3.05) is 29.6 Å². The molecule has 3 aromatic heterocycles. The molecule has 1 fully saturated rings. The molecule has 0 bridgehead atoms. The van der Waals surface area contributed by atoms with E-state index in [2.05, 4.69) is 21.3 Å². The lowest BCUT2D eigenvalue weighted by Gasteiger charge is -2.17. The van der Waals surface area contributed by atoms with Gasteiger partial charge in [0.2, 0.25) is 5.27 Å². The highest BCUT2D eigenvalue weighted by Gasteiger charge is 2.24. The van der Waals surface area contributed by atoms with Gasteiger partial charge in [-0.15, -0.1) is 11.3 Å². The van der Waals surface area contributed by atoms with Crippen molar-refractivity contribution in [3.8, 4) is 17.2 Å². The summed E-state index contributed by atoms with van der Waals surface area (Å²) in [5.41, 5.74) is 14.2. The minimum Gasteiger partial charge on any atom is -0.857 e. The Morgan fingerprint density at radius 3 is 2.70 bits per heavy atom. The van der Waals surface area contributed by atoms with Crippen LogP contribution in [0.15, 0.2) is 46.0 Å². The van der Waals surface area contributed by atoms with Gasteiger partial charge in [-0.3, -0.25) is 4.52 Å². The van der Waals surface area contributed by atoms with Crippen molar-refractivity contribution >= 4 is 44.8 Å². The fraction of sp³-hybridized carbons (Fsp3) is 0.227. The quantitative estimate of drug-likeness (QED) is 0.265. The number of benzene rings is 1. The third kappa shape index (κ3) is 3.70. The average Bonchev–Trinajstić information content (AvgIpc) is 3.43. The van der Waals surface area contributed by atoms with E-state index in [0.717, 1.165) is 42.8 Å². The monoisotopic (exact) mass is 460 g/mol. The summed E-state index contributed by atoms with van der Waals surface area (Å²) in [5, 5.41) is 29.2. The molecular formula is C22H20N8O2S. The highest BCUT2D eigenvalue weighted by Crippen LogP contribution is 2.42. The highest BCUT2D eigenvalue weighted by atomic mass is 32.1. The molecule has 33 heavy (non-hydrogen) atoms. The van der Waals surface area contributed by atoms with E-state index in [-0.39, 0.29) is 27.8 Å². The van der Waals surface area contributed by atoms with Crippen LogP contribution in [0.3, 0.4) is 0 Å². The zero-order valence-corrected chi connectivity index (χ0v) is 18.4. The van der Waals surface area contributed by atoms with Gasteiger partial charge in [0.25, 0.3) is 6.20 Å². The van der Waals surface area contributed by atoms with Gasteiger partial charge in [-0.25, -0.2) is 9.98 Å². The number of hydrogen-bond acceptors (Lipinski definition) is 10. The summed E-state index contributed by atoms with van der Waals surface area (Å²) < 4.78 is 5.24. The fourth-order valence-electron chi connectivity index (χ4n) is 3.98. The van der Waals surface area contributed by atoms with Gasteiger partial charge < -0.3 is 16.6 Å². The van der Waals surface area contributed by atoms with Gasteiger partial charge in [0.1, 0.15) is 22.3 Å². The van der Waals surface area contributed by atoms with Gasteiger partial charge in [-0.05, 0) is 24.8 Å². The van der Waals surface area contributed by atoms with E-state index in [0.29, 0.717) is 15.8 Å². The number of nitriles is 1. The van der Waals surface area contributed by atoms with Crippen LogP contribution < -0.4 is 26.4 Å². The van der Waals surface area contributed by atoms with Crippen LogP contribution in [0.5, 0.6) is 0 Å². The lowest BCUT2D eigenvalue weighted by Crippen LogP contribution is -2.60. The zero-order valence-electron chi connectivity index (χ0n) is 17.6. The number of nitrogens with two attached hydrogens (primary N) is 2. The second-order valence-corrected chi connectivity index (χ2v) is 8.64. The molecule has 0 unspecified atom stereocenters. The maximum atomic E-state index is 13.0. The minimum absolute atomic E-state index is 0.0795. The first-order valence-corrected chi connectivity index (χ1v) is 11.3. The lowest BCUT2D eigenvalue weighted by molar-refractivity contribution is -0.759. The molecule has 4 N–H and O–H groups in total. The molecule has 5 rings (SSSR count). The Hall–Kier alpha value is -4.17. The van der Waals surface area contributed by atoms with Crippen molar-refractivity contribution in [3.05, 3.63) is 47.0 Å². The molecule has 10 nitrogen and oxygen atoms in total. The normalized spacial score (nSPS) is 14.5. The number of rotatable bonds is 4. The summed E-state index contributed by atoms with van der Waals surface area (Å²) in [7, 11) is 0. The standard InChI is InChI=1S/C22H20N8O2S/c23-11-14-16(13-7-3-1-4-8-13)17-18(24)19(33-22(17)27-20(14)25)21(31)26-15-12-30(28-32-15)29-9-5-2-6-10-29/h1,3-4,7-8,12H,2,5-6,9-10H2,(H4-,24,25,26,27,28,31). The predicted molar refractivity (Wildman–Crippen MR) is 123 cm³/mol. The van der Waals surface area contributed by atoms with Crippen molar-refractivity contribution in [2.24, 2.45) is 4.99 Å². The Morgan fingerprint density at radius 2 is 1.97 bits per heavy atom. The van der Waals surface area contributed by atoms with Crippen LogP contribution in [0.25, 0.3) is 21.3 Å². The molecule has 1 aliphatic rings. The number of pyridine rings is 1.